The molecule has 0 saturated carbocycles. The van der Waals surface area contributed by atoms with E-state index < -0.39 is 11.7 Å². The SMILES string of the molecule is COC(=O)N1CCN(CCNC(=O)c2c(F)cccc2Cl)CC1. The Morgan fingerprint density at radius 1 is 1.30 bits per heavy atom. The van der Waals surface area contributed by atoms with E-state index in [4.69, 9.17) is 11.6 Å². The van der Waals surface area contributed by atoms with E-state index in [1.54, 1.807) is 4.90 Å². The molecule has 1 aliphatic rings. The van der Waals surface area contributed by atoms with Gasteiger partial charge in [0.1, 0.15) is 5.82 Å². The lowest BCUT2D eigenvalue weighted by atomic mass is 10.2. The second-order valence-electron chi connectivity index (χ2n) is 5.15. The van der Waals surface area contributed by atoms with Crippen molar-refractivity contribution in [1.82, 2.24) is 15.1 Å². The fourth-order valence-corrected chi connectivity index (χ4v) is 2.66. The third-order valence-corrected chi connectivity index (χ3v) is 4.02. The number of benzene rings is 1. The van der Waals surface area contributed by atoms with Crippen LogP contribution in [0.15, 0.2) is 18.2 Å². The topological polar surface area (TPSA) is 61.9 Å². The van der Waals surface area contributed by atoms with Crippen molar-refractivity contribution in [3.63, 3.8) is 0 Å². The van der Waals surface area contributed by atoms with Gasteiger partial charge in [0.05, 0.1) is 17.7 Å². The van der Waals surface area contributed by atoms with Crippen molar-refractivity contribution < 1.29 is 18.7 Å². The molecule has 23 heavy (non-hydrogen) atoms. The first kappa shape index (κ1) is 17.5. The first-order valence-corrected chi connectivity index (χ1v) is 7.68. The van der Waals surface area contributed by atoms with Gasteiger partial charge in [-0.2, -0.15) is 0 Å². The summed E-state index contributed by atoms with van der Waals surface area (Å²) >= 11 is 5.85. The van der Waals surface area contributed by atoms with Crippen LogP contribution in [0.1, 0.15) is 10.4 Å². The van der Waals surface area contributed by atoms with E-state index in [0.717, 1.165) is 0 Å². The van der Waals surface area contributed by atoms with Crippen LogP contribution in [-0.4, -0.2) is 68.2 Å². The zero-order valence-corrected chi connectivity index (χ0v) is 13.6. The highest BCUT2D eigenvalue weighted by Gasteiger charge is 2.21. The predicted molar refractivity (Wildman–Crippen MR) is 84.2 cm³/mol. The number of ether oxygens (including phenoxy) is 1. The number of carbonyl (C=O) groups is 2. The van der Waals surface area contributed by atoms with E-state index in [-0.39, 0.29) is 16.7 Å². The Morgan fingerprint density at radius 2 is 2.00 bits per heavy atom. The molecule has 1 aliphatic heterocycles. The molecule has 126 valence electrons. The van der Waals surface area contributed by atoms with Crippen LogP contribution < -0.4 is 5.32 Å². The zero-order chi connectivity index (χ0) is 16.8. The maximum atomic E-state index is 13.6. The van der Waals surface area contributed by atoms with Crippen LogP contribution in [0, 0.1) is 5.82 Å². The van der Waals surface area contributed by atoms with E-state index in [0.29, 0.717) is 39.3 Å². The van der Waals surface area contributed by atoms with Crippen LogP contribution in [0.3, 0.4) is 0 Å². The number of carbonyl (C=O) groups excluding carboxylic acids is 2. The molecule has 1 heterocycles. The monoisotopic (exact) mass is 343 g/mol. The normalized spacial score (nSPS) is 15.3. The minimum Gasteiger partial charge on any atom is -0.453 e. The lowest BCUT2D eigenvalue weighted by molar-refractivity contribution is 0.0883. The summed E-state index contributed by atoms with van der Waals surface area (Å²) < 4.78 is 18.3. The molecule has 0 aromatic heterocycles. The third kappa shape index (κ3) is 4.56. The van der Waals surface area contributed by atoms with Gasteiger partial charge in [-0.15, -0.1) is 0 Å². The predicted octanol–water partition coefficient (Wildman–Crippen LogP) is 1.59. The van der Waals surface area contributed by atoms with Crippen molar-refractivity contribution in [3.05, 3.63) is 34.6 Å². The standard InChI is InChI=1S/C15H19ClFN3O3/c1-23-15(22)20-9-7-19(8-10-20)6-5-18-14(21)13-11(16)3-2-4-12(13)17/h2-4H,5-10H2,1H3,(H,18,21). The van der Waals surface area contributed by atoms with Gasteiger partial charge in [0, 0.05) is 39.3 Å². The van der Waals surface area contributed by atoms with Gasteiger partial charge in [-0.1, -0.05) is 17.7 Å². The number of hydrogen-bond donors (Lipinski definition) is 1. The first-order chi connectivity index (χ1) is 11.0. The molecule has 0 aliphatic carbocycles. The molecule has 0 spiro atoms. The van der Waals surface area contributed by atoms with Crippen LogP contribution in [0.25, 0.3) is 0 Å². The number of methoxy groups -OCH3 is 1. The highest BCUT2D eigenvalue weighted by atomic mass is 35.5. The molecule has 2 rings (SSSR count). The average Bonchev–Trinajstić information content (AvgIpc) is 2.54. The van der Waals surface area contributed by atoms with Crippen molar-refractivity contribution >= 4 is 23.6 Å². The molecule has 2 amide bonds. The molecule has 1 saturated heterocycles. The molecular formula is C15H19ClFN3O3. The fourth-order valence-electron chi connectivity index (χ4n) is 2.41. The van der Waals surface area contributed by atoms with Crippen LogP contribution in [0.4, 0.5) is 9.18 Å². The van der Waals surface area contributed by atoms with Crippen molar-refractivity contribution in [2.75, 3.05) is 46.4 Å². The molecule has 1 aromatic carbocycles. The molecule has 0 atom stereocenters. The average molecular weight is 344 g/mol. The van der Waals surface area contributed by atoms with Crippen molar-refractivity contribution in [2.45, 2.75) is 0 Å². The summed E-state index contributed by atoms with van der Waals surface area (Å²) in [6.45, 7) is 3.56. The number of piperazine rings is 1. The largest absolute Gasteiger partial charge is 0.453 e. The minimum absolute atomic E-state index is 0.0918. The summed E-state index contributed by atoms with van der Waals surface area (Å²) in [4.78, 5) is 27.1. The molecule has 1 aromatic rings. The van der Waals surface area contributed by atoms with Crippen LogP contribution in [-0.2, 0) is 4.74 Å². The second kappa shape index (κ2) is 8.12. The number of nitrogens with one attached hydrogen (secondary N) is 1. The highest BCUT2D eigenvalue weighted by Crippen LogP contribution is 2.18. The molecular weight excluding hydrogens is 325 g/mol. The molecule has 6 nitrogen and oxygen atoms in total. The Balaban J connectivity index is 1.76. The molecule has 1 fully saturated rings. The van der Waals surface area contributed by atoms with E-state index in [1.165, 1.54) is 25.3 Å². The Bertz CT molecular complexity index is 557. The third-order valence-electron chi connectivity index (χ3n) is 3.71. The van der Waals surface area contributed by atoms with E-state index in [9.17, 15) is 14.0 Å². The maximum Gasteiger partial charge on any atom is 0.409 e. The number of nitrogens with zero attached hydrogens (tertiary/aromatic N) is 2. The lowest BCUT2D eigenvalue weighted by Gasteiger charge is -2.33. The summed E-state index contributed by atoms with van der Waals surface area (Å²) in [7, 11) is 1.36. The highest BCUT2D eigenvalue weighted by molar-refractivity contribution is 6.33. The lowest BCUT2D eigenvalue weighted by Crippen LogP contribution is -2.50. The number of amides is 2. The Kier molecular flexibility index (Phi) is 6.18. The molecule has 1 N–H and O–H groups in total. The van der Waals surface area contributed by atoms with Crippen molar-refractivity contribution in [3.8, 4) is 0 Å². The summed E-state index contributed by atoms with van der Waals surface area (Å²) in [5.41, 5.74) is -0.135. The van der Waals surface area contributed by atoms with E-state index in [2.05, 4.69) is 15.0 Å². The van der Waals surface area contributed by atoms with Gasteiger partial charge in [0.15, 0.2) is 0 Å². The van der Waals surface area contributed by atoms with Gasteiger partial charge in [-0.25, -0.2) is 9.18 Å². The number of halogens is 2. The van der Waals surface area contributed by atoms with Crippen LogP contribution >= 0.6 is 11.6 Å². The summed E-state index contributed by atoms with van der Waals surface area (Å²) in [6.07, 6.45) is -0.327. The maximum absolute atomic E-state index is 13.6. The number of hydrogen-bond acceptors (Lipinski definition) is 4. The Labute approximate surface area is 139 Å². The minimum atomic E-state index is -0.637. The quantitative estimate of drug-likeness (QED) is 0.902. The van der Waals surface area contributed by atoms with Gasteiger partial charge in [0.2, 0.25) is 0 Å². The number of rotatable bonds is 4. The van der Waals surface area contributed by atoms with E-state index >= 15 is 0 Å². The van der Waals surface area contributed by atoms with Crippen LogP contribution in [0.2, 0.25) is 5.02 Å². The smallest absolute Gasteiger partial charge is 0.409 e. The van der Waals surface area contributed by atoms with Crippen molar-refractivity contribution in [2.24, 2.45) is 0 Å². The van der Waals surface area contributed by atoms with Crippen molar-refractivity contribution in [1.29, 1.82) is 0 Å². The second-order valence-corrected chi connectivity index (χ2v) is 5.56. The van der Waals surface area contributed by atoms with E-state index in [1.807, 2.05) is 0 Å². The van der Waals surface area contributed by atoms with Gasteiger partial charge >= 0.3 is 6.09 Å². The van der Waals surface area contributed by atoms with Gasteiger partial charge in [-0.3, -0.25) is 9.69 Å². The van der Waals surface area contributed by atoms with Gasteiger partial charge in [0.25, 0.3) is 5.91 Å². The van der Waals surface area contributed by atoms with Crippen LogP contribution in [0.5, 0.6) is 0 Å². The molecule has 8 heteroatoms. The molecule has 0 radical (unpaired) electrons. The fraction of sp³-hybridized carbons (Fsp3) is 0.467. The van der Waals surface area contributed by atoms with Gasteiger partial charge in [-0.05, 0) is 12.1 Å². The Hall–Kier alpha value is -1.86. The van der Waals surface area contributed by atoms with Gasteiger partial charge < -0.3 is 15.0 Å². The molecule has 0 bridgehead atoms. The first-order valence-electron chi connectivity index (χ1n) is 7.30. The summed E-state index contributed by atoms with van der Waals surface area (Å²) in [5, 5.41) is 2.75. The Morgan fingerprint density at radius 3 is 2.61 bits per heavy atom. The molecule has 0 unspecified atom stereocenters. The zero-order valence-electron chi connectivity index (χ0n) is 12.8. The summed E-state index contributed by atoms with van der Waals surface area (Å²) in [6, 6.07) is 4.13. The summed E-state index contributed by atoms with van der Waals surface area (Å²) in [5.74, 6) is -1.16.